The standard InChI is InChI=1S/C13H16FN3O4/c1-3-17(7-11(18)15-2)13(21)16-10-6-8(14)4-5-9(10)12(19)20/h4-6H,3,7H2,1-2H3,(H,15,18)(H,16,21)(H,19,20). The normalized spacial score (nSPS) is 9.86. The minimum Gasteiger partial charge on any atom is -0.478 e. The van der Waals surface area contributed by atoms with Gasteiger partial charge in [0.05, 0.1) is 11.3 Å². The number of halogens is 1. The number of likely N-dealkylation sites (N-methyl/N-ethyl adjacent to an activating group) is 2. The van der Waals surface area contributed by atoms with Gasteiger partial charge in [-0.05, 0) is 25.1 Å². The van der Waals surface area contributed by atoms with Crippen LogP contribution in [-0.2, 0) is 4.79 Å². The van der Waals surface area contributed by atoms with E-state index in [4.69, 9.17) is 5.11 Å². The first-order chi connectivity index (χ1) is 9.88. The first-order valence-corrected chi connectivity index (χ1v) is 6.18. The van der Waals surface area contributed by atoms with E-state index in [9.17, 15) is 18.8 Å². The molecule has 0 aliphatic rings. The number of carbonyl (C=O) groups excluding carboxylic acids is 2. The van der Waals surface area contributed by atoms with E-state index in [0.29, 0.717) is 0 Å². The zero-order valence-electron chi connectivity index (χ0n) is 11.6. The zero-order valence-corrected chi connectivity index (χ0v) is 11.6. The summed E-state index contributed by atoms with van der Waals surface area (Å²) >= 11 is 0. The van der Waals surface area contributed by atoms with Crippen molar-refractivity contribution in [2.24, 2.45) is 0 Å². The summed E-state index contributed by atoms with van der Waals surface area (Å²) in [7, 11) is 1.43. The van der Waals surface area contributed by atoms with Gasteiger partial charge in [0.2, 0.25) is 5.91 Å². The van der Waals surface area contributed by atoms with Crippen LogP contribution in [0.2, 0.25) is 0 Å². The largest absolute Gasteiger partial charge is 0.478 e. The van der Waals surface area contributed by atoms with Gasteiger partial charge in [-0.3, -0.25) is 4.79 Å². The first kappa shape index (κ1) is 16.4. The molecule has 0 atom stereocenters. The molecule has 0 saturated heterocycles. The minimum atomic E-state index is -1.29. The predicted octanol–water partition coefficient (Wildman–Crippen LogP) is 1.12. The molecule has 0 radical (unpaired) electrons. The quantitative estimate of drug-likeness (QED) is 0.758. The van der Waals surface area contributed by atoms with Gasteiger partial charge in [0.25, 0.3) is 0 Å². The van der Waals surface area contributed by atoms with Crippen LogP contribution in [0.25, 0.3) is 0 Å². The van der Waals surface area contributed by atoms with Crippen molar-refractivity contribution in [3.63, 3.8) is 0 Å². The molecular formula is C13H16FN3O4. The molecule has 0 aliphatic carbocycles. The molecule has 1 aromatic rings. The second-order valence-electron chi connectivity index (χ2n) is 4.11. The number of nitrogens with one attached hydrogen (secondary N) is 2. The van der Waals surface area contributed by atoms with Crippen LogP contribution in [0.3, 0.4) is 0 Å². The Morgan fingerprint density at radius 2 is 2.00 bits per heavy atom. The van der Waals surface area contributed by atoms with E-state index >= 15 is 0 Å². The molecule has 0 fully saturated rings. The van der Waals surface area contributed by atoms with Crippen LogP contribution in [-0.4, -0.2) is 48.1 Å². The van der Waals surface area contributed by atoms with Gasteiger partial charge in [-0.25, -0.2) is 14.0 Å². The lowest BCUT2D eigenvalue weighted by atomic mass is 10.2. The molecule has 8 heteroatoms. The number of urea groups is 1. The Labute approximate surface area is 120 Å². The number of amides is 3. The molecule has 0 aromatic heterocycles. The van der Waals surface area contributed by atoms with E-state index in [-0.39, 0.29) is 30.2 Å². The number of rotatable bonds is 5. The summed E-state index contributed by atoms with van der Waals surface area (Å²) in [5.74, 6) is -2.34. The van der Waals surface area contributed by atoms with Crippen molar-refractivity contribution in [3.8, 4) is 0 Å². The number of anilines is 1. The van der Waals surface area contributed by atoms with Gasteiger partial charge < -0.3 is 20.6 Å². The van der Waals surface area contributed by atoms with E-state index in [1.807, 2.05) is 0 Å². The summed E-state index contributed by atoms with van der Waals surface area (Å²) < 4.78 is 13.2. The third-order valence-corrected chi connectivity index (χ3v) is 2.74. The summed E-state index contributed by atoms with van der Waals surface area (Å²) in [5.41, 5.74) is -0.399. The minimum absolute atomic E-state index is 0.164. The van der Waals surface area contributed by atoms with Crippen molar-refractivity contribution in [2.75, 3.05) is 25.5 Å². The maximum absolute atomic E-state index is 13.2. The van der Waals surface area contributed by atoms with Crippen molar-refractivity contribution in [1.29, 1.82) is 0 Å². The first-order valence-electron chi connectivity index (χ1n) is 6.18. The summed E-state index contributed by atoms with van der Waals surface area (Å²) in [6, 6.07) is 2.27. The maximum Gasteiger partial charge on any atom is 0.337 e. The highest BCUT2D eigenvalue weighted by Crippen LogP contribution is 2.17. The second-order valence-corrected chi connectivity index (χ2v) is 4.11. The van der Waals surface area contributed by atoms with Gasteiger partial charge in [0.1, 0.15) is 12.4 Å². The van der Waals surface area contributed by atoms with Gasteiger partial charge >= 0.3 is 12.0 Å². The predicted molar refractivity (Wildman–Crippen MR) is 73.7 cm³/mol. The molecule has 1 rings (SSSR count). The fourth-order valence-electron chi connectivity index (χ4n) is 1.58. The van der Waals surface area contributed by atoms with E-state index in [1.165, 1.54) is 7.05 Å². The van der Waals surface area contributed by atoms with Crippen LogP contribution in [0.15, 0.2) is 18.2 Å². The number of aromatic carboxylic acids is 1. The van der Waals surface area contributed by atoms with Crippen LogP contribution >= 0.6 is 0 Å². The smallest absolute Gasteiger partial charge is 0.337 e. The van der Waals surface area contributed by atoms with Crippen molar-refractivity contribution in [1.82, 2.24) is 10.2 Å². The van der Waals surface area contributed by atoms with Crippen LogP contribution in [0.5, 0.6) is 0 Å². The summed E-state index contributed by atoms with van der Waals surface area (Å²) in [5, 5.41) is 13.7. The Bertz CT molecular complexity index is 562. The van der Waals surface area contributed by atoms with Crippen molar-refractivity contribution in [2.45, 2.75) is 6.92 Å². The molecule has 0 heterocycles. The topological polar surface area (TPSA) is 98.7 Å². The average Bonchev–Trinajstić information content (AvgIpc) is 2.43. The molecule has 1 aromatic carbocycles. The van der Waals surface area contributed by atoms with Gasteiger partial charge in [0.15, 0.2) is 0 Å². The number of nitrogens with zero attached hydrogens (tertiary/aromatic N) is 1. The molecule has 0 aliphatic heterocycles. The molecule has 3 amide bonds. The maximum atomic E-state index is 13.2. The highest BCUT2D eigenvalue weighted by Gasteiger charge is 2.18. The van der Waals surface area contributed by atoms with E-state index in [0.717, 1.165) is 23.1 Å². The zero-order chi connectivity index (χ0) is 16.0. The van der Waals surface area contributed by atoms with Crippen molar-refractivity contribution in [3.05, 3.63) is 29.6 Å². The summed E-state index contributed by atoms with van der Waals surface area (Å²) in [6.07, 6.45) is 0. The highest BCUT2D eigenvalue weighted by atomic mass is 19.1. The number of carboxylic acid groups (broad SMARTS) is 1. The lowest BCUT2D eigenvalue weighted by Gasteiger charge is -2.21. The van der Waals surface area contributed by atoms with Crippen molar-refractivity contribution >= 4 is 23.6 Å². The fraction of sp³-hybridized carbons (Fsp3) is 0.308. The van der Waals surface area contributed by atoms with E-state index < -0.39 is 17.8 Å². The van der Waals surface area contributed by atoms with E-state index in [1.54, 1.807) is 6.92 Å². The molecule has 7 nitrogen and oxygen atoms in total. The van der Waals surface area contributed by atoms with E-state index in [2.05, 4.69) is 10.6 Å². The molecule has 0 saturated carbocycles. The fourth-order valence-corrected chi connectivity index (χ4v) is 1.58. The Morgan fingerprint density at radius 3 is 2.52 bits per heavy atom. The molecule has 0 spiro atoms. The number of hydrogen-bond acceptors (Lipinski definition) is 3. The van der Waals surface area contributed by atoms with Crippen LogP contribution in [0.4, 0.5) is 14.9 Å². The Hall–Kier alpha value is -2.64. The summed E-state index contributed by atoms with van der Waals surface area (Å²) in [6.45, 7) is 1.71. The number of hydrogen-bond donors (Lipinski definition) is 3. The lowest BCUT2D eigenvalue weighted by Crippen LogP contribution is -2.41. The van der Waals surface area contributed by atoms with Crippen LogP contribution in [0.1, 0.15) is 17.3 Å². The SMILES string of the molecule is CCN(CC(=O)NC)C(=O)Nc1cc(F)ccc1C(=O)O. The van der Waals surface area contributed by atoms with Crippen LogP contribution in [0, 0.1) is 5.82 Å². The Kier molecular flexibility index (Phi) is 5.65. The van der Waals surface area contributed by atoms with Crippen molar-refractivity contribution < 1.29 is 23.9 Å². The molecule has 114 valence electrons. The molecule has 3 N–H and O–H groups in total. The Balaban J connectivity index is 2.93. The summed E-state index contributed by atoms with van der Waals surface area (Å²) in [4.78, 5) is 35.5. The third kappa shape index (κ3) is 4.44. The second kappa shape index (κ2) is 7.22. The monoisotopic (exact) mass is 297 g/mol. The number of carboxylic acids is 1. The number of carbonyl (C=O) groups is 3. The van der Waals surface area contributed by atoms with Crippen LogP contribution < -0.4 is 10.6 Å². The van der Waals surface area contributed by atoms with Gasteiger partial charge in [0, 0.05) is 13.6 Å². The lowest BCUT2D eigenvalue weighted by molar-refractivity contribution is -0.121. The van der Waals surface area contributed by atoms with Gasteiger partial charge in [-0.15, -0.1) is 0 Å². The molecule has 21 heavy (non-hydrogen) atoms. The third-order valence-electron chi connectivity index (χ3n) is 2.74. The molecular weight excluding hydrogens is 281 g/mol. The Morgan fingerprint density at radius 1 is 1.33 bits per heavy atom. The number of benzene rings is 1. The highest BCUT2D eigenvalue weighted by molar-refractivity contribution is 6.00. The van der Waals surface area contributed by atoms with Gasteiger partial charge in [-0.1, -0.05) is 0 Å². The average molecular weight is 297 g/mol. The van der Waals surface area contributed by atoms with Gasteiger partial charge in [-0.2, -0.15) is 0 Å². The molecule has 0 unspecified atom stereocenters. The molecule has 0 bridgehead atoms.